The lowest BCUT2D eigenvalue weighted by molar-refractivity contribution is 0.173. The molecule has 0 bridgehead atoms. The Kier molecular flexibility index (Phi) is 4.49. The Morgan fingerprint density at radius 2 is 1.79 bits per heavy atom. The number of fused-ring (bicyclic) bond motifs is 1. The molecule has 0 N–H and O–H groups in total. The summed E-state index contributed by atoms with van der Waals surface area (Å²) in [5.74, 6) is 2.19. The summed E-state index contributed by atoms with van der Waals surface area (Å²) in [6.07, 6.45) is 4.30. The van der Waals surface area contributed by atoms with Gasteiger partial charge in [0.15, 0.2) is 11.5 Å². The van der Waals surface area contributed by atoms with Crippen LogP contribution in [0.3, 0.4) is 0 Å². The zero-order chi connectivity index (χ0) is 18.9. The van der Waals surface area contributed by atoms with Crippen molar-refractivity contribution in [1.82, 2.24) is 19.9 Å². The molecule has 1 aromatic heterocycles. The van der Waals surface area contributed by atoms with E-state index in [2.05, 4.69) is 64.7 Å². The first-order chi connectivity index (χ1) is 13.7. The molecule has 0 radical (unpaired) electrons. The van der Waals surface area contributed by atoms with E-state index in [-0.39, 0.29) is 0 Å². The highest BCUT2D eigenvalue weighted by Gasteiger charge is 2.23. The summed E-state index contributed by atoms with van der Waals surface area (Å²) in [6.45, 7) is 5.49. The third-order valence-electron chi connectivity index (χ3n) is 5.66. The second-order valence-electron chi connectivity index (χ2n) is 7.66. The van der Waals surface area contributed by atoms with Crippen LogP contribution in [0.25, 0.3) is 5.69 Å². The van der Waals surface area contributed by atoms with Crippen molar-refractivity contribution in [3.8, 4) is 17.2 Å². The van der Waals surface area contributed by atoms with Crippen LogP contribution in [0.5, 0.6) is 11.5 Å². The average Bonchev–Trinajstić information content (AvgIpc) is 3.38. The van der Waals surface area contributed by atoms with Crippen molar-refractivity contribution in [1.29, 1.82) is 0 Å². The van der Waals surface area contributed by atoms with Crippen molar-refractivity contribution in [2.75, 3.05) is 19.9 Å². The lowest BCUT2D eigenvalue weighted by atomic mass is 9.94. The minimum Gasteiger partial charge on any atom is -0.454 e. The molecular weight excluding hydrogens is 352 g/mol. The normalized spacial score (nSPS) is 17.2. The van der Waals surface area contributed by atoms with Gasteiger partial charge in [-0.25, -0.2) is 4.68 Å². The molecule has 0 amide bonds. The largest absolute Gasteiger partial charge is 0.454 e. The minimum atomic E-state index is 0.327. The maximum Gasteiger partial charge on any atom is 0.231 e. The highest BCUT2D eigenvalue weighted by atomic mass is 16.7. The van der Waals surface area contributed by atoms with Gasteiger partial charge in [0.2, 0.25) is 6.79 Å². The van der Waals surface area contributed by atoms with E-state index in [9.17, 15) is 0 Å². The molecule has 3 aromatic rings. The Labute approximate surface area is 164 Å². The first-order valence-corrected chi connectivity index (χ1v) is 9.85. The molecule has 1 fully saturated rings. The fourth-order valence-corrected chi connectivity index (χ4v) is 3.97. The van der Waals surface area contributed by atoms with Gasteiger partial charge in [-0.2, -0.15) is 0 Å². The molecule has 6 heteroatoms. The summed E-state index contributed by atoms with van der Waals surface area (Å²) < 4.78 is 12.8. The van der Waals surface area contributed by atoms with Gasteiger partial charge < -0.3 is 9.47 Å². The molecule has 0 aliphatic carbocycles. The Hall–Kier alpha value is -2.86. The SMILES string of the molecule is Cc1ccc(-n2cc(C3CCN(Cc4ccc5c(c4)OCO5)CC3)nn2)cc1. The van der Waals surface area contributed by atoms with E-state index in [1.54, 1.807) is 0 Å². The number of piperidine rings is 1. The van der Waals surface area contributed by atoms with Crippen LogP contribution < -0.4 is 9.47 Å². The third-order valence-corrected chi connectivity index (χ3v) is 5.66. The average molecular weight is 376 g/mol. The van der Waals surface area contributed by atoms with Gasteiger partial charge in [0, 0.05) is 12.5 Å². The molecule has 5 rings (SSSR count). The summed E-state index contributed by atoms with van der Waals surface area (Å²) in [4.78, 5) is 2.50. The molecular formula is C22H24N4O2. The maximum absolute atomic E-state index is 5.49. The lowest BCUT2D eigenvalue weighted by Crippen LogP contribution is -2.32. The summed E-state index contributed by atoms with van der Waals surface area (Å²) in [6, 6.07) is 14.6. The van der Waals surface area contributed by atoms with E-state index in [0.717, 1.165) is 55.4 Å². The van der Waals surface area contributed by atoms with Crippen LogP contribution in [0, 0.1) is 6.92 Å². The fraction of sp³-hybridized carbons (Fsp3) is 0.364. The summed E-state index contributed by atoms with van der Waals surface area (Å²) in [5, 5.41) is 8.79. The summed E-state index contributed by atoms with van der Waals surface area (Å²) in [7, 11) is 0. The van der Waals surface area contributed by atoms with E-state index in [4.69, 9.17) is 9.47 Å². The van der Waals surface area contributed by atoms with Crippen LogP contribution in [0.4, 0.5) is 0 Å². The maximum atomic E-state index is 5.49. The zero-order valence-electron chi connectivity index (χ0n) is 16.0. The Bertz CT molecular complexity index is 959. The Morgan fingerprint density at radius 3 is 2.61 bits per heavy atom. The highest BCUT2D eigenvalue weighted by Crippen LogP contribution is 2.33. The minimum absolute atomic E-state index is 0.327. The number of ether oxygens (including phenoxy) is 2. The van der Waals surface area contributed by atoms with Crippen molar-refractivity contribution >= 4 is 0 Å². The monoisotopic (exact) mass is 376 g/mol. The second kappa shape index (κ2) is 7.28. The van der Waals surface area contributed by atoms with Gasteiger partial charge in [0.25, 0.3) is 0 Å². The standard InChI is InChI=1S/C22H24N4O2/c1-16-2-5-19(6-3-16)26-14-20(23-24-26)18-8-10-25(11-9-18)13-17-4-7-21-22(12-17)28-15-27-21/h2-7,12,14,18H,8-11,13,15H2,1H3. The van der Waals surface area contributed by atoms with Gasteiger partial charge in [0.05, 0.1) is 17.6 Å². The zero-order valence-corrected chi connectivity index (χ0v) is 16.0. The Balaban J connectivity index is 1.20. The number of aromatic nitrogens is 3. The number of benzene rings is 2. The van der Waals surface area contributed by atoms with Gasteiger partial charge in [-0.1, -0.05) is 29.0 Å². The van der Waals surface area contributed by atoms with Gasteiger partial charge in [-0.3, -0.25) is 4.90 Å². The second-order valence-corrected chi connectivity index (χ2v) is 7.66. The van der Waals surface area contributed by atoms with Crippen LogP contribution in [-0.2, 0) is 6.54 Å². The van der Waals surface area contributed by atoms with E-state index in [0.29, 0.717) is 12.7 Å². The van der Waals surface area contributed by atoms with Crippen LogP contribution in [-0.4, -0.2) is 39.8 Å². The van der Waals surface area contributed by atoms with Crippen LogP contribution >= 0.6 is 0 Å². The smallest absolute Gasteiger partial charge is 0.231 e. The molecule has 3 heterocycles. The first-order valence-electron chi connectivity index (χ1n) is 9.85. The molecule has 1 saturated heterocycles. The molecule has 0 unspecified atom stereocenters. The van der Waals surface area contributed by atoms with Crippen molar-refractivity contribution in [3.63, 3.8) is 0 Å². The van der Waals surface area contributed by atoms with E-state index in [1.165, 1.54) is 11.1 Å². The predicted molar refractivity (Wildman–Crippen MR) is 106 cm³/mol. The number of hydrogen-bond acceptors (Lipinski definition) is 5. The quantitative estimate of drug-likeness (QED) is 0.695. The number of aryl methyl sites for hydroxylation is 1. The first kappa shape index (κ1) is 17.3. The summed E-state index contributed by atoms with van der Waals surface area (Å²) in [5.41, 5.74) is 4.68. The topological polar surface area (TPSA) is 52.4 Å². The molecule has 0 spiro atoms. The molecule has 0 atom stereocenters. The molecule has 2 aliphatic heterocycles. The van der Waals surface area contributed by atoms with Gasteiger partial charge >= 0.3 is 0 Å². The number of nitrogens with zero attached hydrogens (tertiary/aromatic N) is 4. The number of hydrogen-bond donors (Lipinski definition) is 0. The molecule has 6 nitrogen and oxygen atoms in total. The van der Waals surface area contributed by atoms with E-state index >= 15 is 0 Å². The van der Waals surface area contributed by atoms with Gasteiger partial charge in [0.1, 0.15) is 0 Å². The van der Waals surface area contributed by atoms with Gasteiger partial charge in [-0.15, -0.1) is 5.10 Å². The number of likely N-dealkylation sites (tertiary alicyclic amines) is 1. The van der Waals surface area contributed by atoms with Crippen LogP contribution in [0.1, 0.15) is 35.6 Å². The van der Waals surface area contributed by atoms with E-state index in [1.807, 2.05) is 10.7 Å². The van der Waals surface area contributed by atoms with E-state index < -0.39 is 0 Å². The summed E-state index contributed by atoms with van der Waals surface area (Å²) >= 11 is 0. The van der Waals surface area contributed by atoms with Crippen molar-refractivity contribution < 1.29 is 9.47 Å². The lowest BCUT2D eigenvalue weighted by Gasteiger charge is -2.31. The van der Waals surface area contributed by atoms with Crippen LogP contribution in [0.15, 0.2) is 48.7 Å². The molecule has 0 saturated carbocycles. The molecule has 2 aromatic carbocycles. The van der Waals surface area contributed by atoms with Crippen molar-refractivity contribution in [2.24, 2.45) is 0 Å². The number of rotatable bonds is 4. The fourth-order valence-electron chi connectivity index (χ4n) is 3.97. The molecule has 144 valence electrons. The van der Waals surface area contributed by atoms with Crippen molar-refractivity contribution in [3.05, 3.63) is 65.5 Å². The third kappa shape index (κ3) is 3.47. The Morgan fingerprint density at radius 1 is 1.00 bits per heavy atom. The highest BCUT2D eigenvalue weighted by molar-refractivity contribution is 5.44. The molecule has 28 heavy (non-hydrogen) atoms. The molecule has 2 aliphatic rings. The van der Waals surface area contributed by atoms with Crippen LogP contribution in [0.2, 0.25) is 0 Å². The van der Waals surface area contributed by atoms with Gasteiger partial charge in [-0.05, 0) is 62.7 Å². The predicted octanol–water partition coefficient (Wildman–Crippen LogP) is 3.68. The van der Waals surface area contributed by atoms with Crippen molar-refractivity contribution in [2.45, 2.75) is 32.2 Å².